The average molecular weight is 400 g/mol. The monoisotopic (exact) mass is 399 g/mol. The Balaban J connectivity index is 0.00000261. The van der Waals surface area contributed by atoms with E-state index in [0.717, 1.165) is 83.5 Å². The second-order valence-corrected chi connectivity index (χ2v) is 8.61. The van der Waals surface area contributed by atoms with E-state index in [1.807, 2.05) is 0 Å². The van der Waals surface area contributed by atoms with Crippen LogP contribution in [0.4, 0.5) is 0 Å². The third-order valence-corrected chi connectivity index (χ3v) is 6.76. The summed E-state index contributed by atoms with van der Waals surface area (Å²) >= 11 is 0. The third-order valence-electron chi connectivity index (χ3n) is 6.76. The van der Waals surface area contributed by atoms with E-state index >= 15 is 0 Å². The van der Waals surface area contributed by atoms with E-state index in [1.54, 1.807) is 0 Å². The highest BCUT2D eigenvalue weighted by molar-refractivity contribution is 5.85. The van der Waals surface area contributed by atoms with Crippen LogP contribution >= 0.6 is 12.4 Å². The maximum absolute atomic E-state index is 12.8. The maximum atomic E-state index is 12.8. The van der Waals surface area contributed by atoms with Gasteiger partial charge in [-0.1, -0.05) is 19.8 Å². The van der Waals surface area contributed by atoms with Crippen LogP contribution in [0.2, 0.25) is 0 Å². The van der Waals surface area contributed by atoms with E-state index in [2.05, 4.69) is 22.5 Å². The van der Waals surface area contributed by atoms with Gasteiger partial charge in [-0.25, -0.2) is 0 Å². The molecule has 1 aliphatic heterocycles. The lowest BCUT2D eigenvalue weighted by Gasteiger charge is -2.36. The molecule has 2 N–H and O–H groups in total. The molecule has 0 atom stereocenters. The van der Waals surface area contributed by atoms with Gasteiger partial charge in [0.2, 0.25) is 11.8 Å². The van der Waals surface area contributed by atoms with E-state index in [4.69, 9.17) is 0 Å². The van der Waals surface area contributed by atoms with Gasteiger partial charge in [0.25, 0.3) is 0 Å². The zero-order chi connectivity index (χ0) is 18.4. The van der Waals surface area contributed by atoms with Gasteiger partial charge in [-0.15, -0.1) is 12.4 Å². The summed E-state index contributed by atoms with van der Waals surface area (Å²) < 4.78 is 0. The first-order valence-electron chi connectivity index (χ1n) is 11.0. The van der Waals surface area contributed by atoms with Crippen LogP contribution in [0.25, 0.3) is 0 Å². The first-order valence-corrected chi connectivity index (χ1v) is 11.0. The van der Waals surface area contributed by atoms with Gasteiger partial charge in [0.15, 0.2) is 0 Å². The summed E-state index contributed by atoms with van der Waals surface area (Å²) in [6, 6.07) is 0.290. The van der Waals surface area contributed by atoms with Crippen LogP contribution in [0.5, 0.6) is 0 Å². The SMILES string of the molecule is CCNCC1CCN(C(=O)C2CCC(NC(=O)C3CCCC3)CC2)CC1.Cl. The first-order chi connectivity index (χ1) is 12.7. The van der Waals surface area contributed by atoms with Crippen molar-refractivity contribution >= 4 is 24.2 Å². The first kappa shape index (κ1) is 22.5. The van der Waals surface area contributed by atoms with Crippen molar-refractivity contribution in [2.24, 2.45) is 17.8 Å². The molecule has 2 saturated carbocycles. The summed E-state index contributed by atoms with van der Waals surface area (Å²) in [7, 11) is 0. The number of amides is 2. The van der Waals surface area contributed by atoms with Gasteiger partial charge in [-0.05, 0) is 70.4 Å². The minimum absolute atomic E-state index is 0. The van der Waals surface area contributed by atoms with Gasteiger partial charge in [0, 0.05) is 31.0 Å². The Hall–Kier alpha value is -0.810. The molecule has 3 fully saturated rings. The number of nitrogens with zero attached hydrogens (tertiary/aromatic N) is 1. The van der Waals surface area contributed by atoms with Crippen molar-refractivity contribution in [3.63, 3.8) is 0 Å². The van der Waals surface area contributed by atoms with Crippen molar-refractivity contribution in [2.75, 3.05) is 26.2 Å². The van der Waals surface area contributed by atoms with Gasteiger partial charge < -0.3 is 15.5 Å². The van der Waals surface area contributed by atoms with Gasteiger partial charge in [0.1, 0.15) is 0 Å². The van der Waals surface area contributed by atoms with Crippen LogP contribution in [0.3, 0.4) is 0 Å². The molecule has 0 aromatic heterocycles. The average Bonchev–Trinajstić information content (AvgIpc) is 3.22. The molecule has 156 valence electrons. The Morgan fingerprint density at radius 3 is 2.11 bits per heavy atom. The van der Waals surface area contributed by atoms with Crippen molar-refractivity contribution in [3.8, 4) is 0 Å². The minimum atomic E-state index is 0. The van der Waals surface area contributed by atoms with Crippen LogP contribution in [0.15, 0.2) is 0 Å². The molecule has 3 aliphatic rings. The third kappa shape index (κ3) is 6.35. The molecule has 2 amide bonds. The van der Waals surface area contributed by atoms with E-state index in [-0.39, 0.29) is 36.2 Å². The van der Waals surface area contributed by atoms with Crippen LogP contribution in [0.1, 0.15) is 71.1 Å². The number of nitrogens with one attached hydrogen (secondary N) is 2. The number of carbonyl (C=O) groups is 2. The topological polar surface area (TPSA) is 61.4 Å². The summed E-state index contributed by atoms with van der Waals surface area (Å²) in [4.78, 5) is 27.2. The fraction of sp³-hybridized carbons (Fsp3) is 0.905. The fourth-order valence-corrected chi connectivity index (χ4v) is 4.96. The van der Waals surface area contributed by atoms with Gasteiger partial charge >= 0.3 is 0 Å². The Morgan fingerprint density at radius 2 is 1.52 bits per heavy atom. The normalized spacial score (nSPS) is 27.2. The van der Waals surface area contributed by atoms with Crippen molar-refractivity contribution in [3.05, 3.63) is 0 Å². The zero-order valence-electron chi connectivity index (χ0n) is 16.9. The second-order valence-electron chi connectivity index (χ2n) is 8.61. The number of rotatable bonds is 6. The van der Waals surface area contributed by atoms with Crippen LogP contribution in [-0.4, -0.2) is 48.9 Å². The smallest absolute Gasteiger partial charge is 0.225 e. The molecule has 0 aromatic rings. The van der Waals surface area contributed by atoms with E-state index in [9.17, 15) is 9.59 Å². The van der Waals surface area contributed by atoms with E-state index in [1.165, 1.54) is 12.8 Å². The van der Waals surface area contributed by atoms with Crippen LogP contribution in [-0.2, 0) is 9.59 Å². The molecule has 0 unspecified atom stereocenters. The quantitative estimate of drug-likeness (QED) is 0.721. The Bertz CT molecular complexity index is 466. The molecule has 3 rings (SSSR count). The Morgan fingerprint density at radius 1 is 0.889 bits per heavy atom. The Kier molecular flexibility index (Phi) is 9.37. The van der Waals surface area contributed by atoms with Crippen molar-refractivity contribution in [2.45, 2.75) is 77.2 Å². The van der Waals surface area contributed by atoms with Crippen LogP contribution in [0, 0.1) is 17.8 Å². The van der Waals surface area contributed by atoms with Crippen molar-refractivity contribution in [1.82, 2.24) is 15.5 Å². The molecular formula is C21H38ClN3O2. The molecule has 2 aliphatic carbocycles. The molecule has 0 spiro atoms. The molecule has 5 nitrogen and oxygen atoms in total. The molecule has 6 heteroatoms. The number of halogens is 1. The number of likely N-dealkylation sites (tertiary alicyclic amines) is 1. The van der Waals surface area contributed by atoms with E-state index in [0.29, 0.717) is 5.91 Å². The standard InChI is InChI=1S/C21H37N3O2.ClH/c1-2-22-15-16-11-13-24(14-12-16)21(26)18-7-9-19(10-8-18)23-20(25)17-5-3-4-6-17;/h16-19,22H,2-15H2,1H3,(H,23,25);1H. The summed E-state index contributed by atoms with van der Waals surface area (Å²) in [6.07, 6.45) is 10.6. The highest BCUT2D eigenvalue weighted by atomic mass is 35.5. The van der Waals surface area contributed by atoms with Crippen molar-refractivity contribution in [1.29, 1.82) is 0 Å². The lowest BCUT2D eigenvalue weighted by molar-refractivity contribution is -0.138. The van der Waals surface area contributed by atoms with E-state index < -0.39 is 0 Å². The summed E-state index contributed by atoms with van der Waals surface area (Å²) in [5, 5.41) is 6.68. The summed E-state index contributed by atoms with van der Waals surface area (Å²) in [5.74, 6) is 1.78. The fourth-order valence-electron chi connectivity index (χ4n) is 4.96. The second kappa shape index (κ2) is 11.3. The number of hydrogen-bond donors (Lipinski definition) is 2. The molecule has 0 bridgehead atoms. The molecule has 0 aromatic carbocycles. The Labute approximate surface area is 170 Å². The summed E-state index contributed by atoms with van der Waals surface area (Å²) in [5.41, 5.74) is 0. The van der Waals surface area contributed by atoms with Gasteiger partial charge in [-0.3, -0.25) is 9.59 Å². The molecule has 27 heavy (non-hydrogen) atoms. The number of piperidine rings is 1. The molecular weight excluding hydrogens is 362 g/mol. The highest BCUT2D eigenvalue weighted by Crippen LogP contribution is 2.29. The number of hydrogen-bond acceptors (Lipinski definition) is 3. The molecule has 0 radical (unpaired) electrons. The van der Waals surface area contributed by atoms with Gasteiger partial charge in [-0.2, -0.15) is 0 Å². The molecule has 1 saturated heterocycles. The predicted octanol–water partition coefficient (Wildman–Crippen LogP) is 3.12. The lowest BCUT2D eigenvalue weighted by Crippen LogP contribution is -2.46. The maximum Gasteiger partial charge on any atom is 0.225 e. The zero-order valence-corrected chi connectivity index (χ0v) is 17.7. The van der Waals surface area contributed by atoms with Crippen molar-refractivity contribution < 1.29 is 9.59 Å². The predicted molar refractivity (Wildman–Crippen MR) is 111 cm³/mol. The van der Waals surface area contributed by atoms with Crippen LogP contribution < -0.4 is 10.6 Å². The largest absolute Gasteiger partial charge is 0.353 e. The molecule has 1 heterocycles. The van der Waals surface area contributed by atoms with Gasteiger partial charge in [0.05, 0.1) is 0 Å². The highest BCUT2D eigenvalue weighted by Gasteiger charge is 2.32. The lowest BCUT2D eigenvalue weighted by atomic mass is 9.84. The minimum Gasteiger partial charge on any atom is -0.353 e. The summed E-state index contributed by atoms with van der Waals surface area (Å²) in [6.45, 7) is 6.11. The number of carbonyl (C=O) groups excluding carboxylic acids is 2.